The van der Waals surface area contributed by atoms with Crippen molar-refractivity contribution in [3.63, 3.8) is 0 Å². The van der Waals surface area contributed by atoms with Crippen molar-refractivity contribution in [2.75, 3.05) is 43.6 Å². The first kappa shape index (κ1) is 44.9. The molecule has 8 atom stereocenters. The van der Waals surface area contributed by atoms with E-state index in [1.165, 1.54) is 19.0 Å². The third-order valence-electron chi connectivity index (χ3n) is 9.68. The summed E-state index contributed by atoms with van der Waals surface area (Å²) in [6.07, 6.45) is 0.222. The molecule has 2 fully saturated rings. The number of benzene rings is 1. The van der Waals surface area contributed by atoms with Crippen LogP contribution in [0.5, 0.6) is 0 Å². The van der Waals surface area contributed by atoms with E-state index in [2.05, 4.69) is 40.5 Å². The van der Waals surface area contributed by atoms with Gasteiger partial charge in [0.15, 0.2) is 34.4 Å². The highest BCUT2D eigenvalue weighted by molar-refractivity contribution is 8.07. The monoisotopic (exact) mass is 917 g/mol. The van der Waals surface area contributed by atoms with Crippen molar-refractivity contribution >= 4 is 77.1 Å². The second-order valence-corrected chi connectivity index (χ2v) is 20.3. The number of hydrogen-bond acceptors (Lipinski definition) is 18. The Bertz CT molecular complexity index is 2540. The summed E-state index contributed by atoms with van der Waals surface area (Å²) in [4.78, 5) is 62.2. The first-order valence-corrected chi connectivity index (χ1v) is 24.5. The lowest BCUT2D eigenvalue weighted by Crippen LogP contribution is -2.30. The van der Waals surface area contributed by atoms with Crippen LogP contribution >= 0.6 is 13.4 Å². The van der Waals surface area contributed by atoms with Gasteiger partial charge < -0.3 is 47.6 Å². The largest absolute Gasteiger partial charge is 0.355 e. The highest BCUT2D eigenvalue weighted by Crippen LogP contribution is 2.56. The summed E-state index contributed by atoms with van der Waals surface area (Å²) in [7, 11) is 0. The Balaban J connectivity index is 1.17. The van der Waals surface area contributed by atoms with E-state index in [0.29, 0.717) is 29.7 Å². The number of anilines is 2. The van der Waals surface area contributed by atoms with Crippen LogP contribution in [0.2, 0.25) is 0 Å². The second kappa shape index (κ2) is 19.5. The van der Waals surface area contributed by atoms with Crippen LogP contribution in [0.25, 0.3) is 22.3 Å². The molecule has 1 aromatic carbocycles. The molecule has 2 saturated heterocycles. The highest BCUT2D eigenvalue weighted by Gasteiger charge is 2.48. The molecule has 25 heteroatoms. The van der Waals surface area contributed by atoms with Gasteiger partial charge in [-0.05, 0) is 48.1 Å². The summed E-state index contributed by atoms with van der Waals surface area (Å²) in [6, 6.07) is 10.7. The normalized spacial score (nSPS) is 26.6. The maximum atomic E-state index is 13.1. The minimum absolute atomic E-state index is 0.00943. The van der Waals surface area contributed by atoms with Gasteiger partial charge in [-0.3, -0.25) is 23.7 Å². The molecule has 4 aromatic heterocycles. The fourth-order valence-electron chi connectivity index (χ4n) is 6.55. The molecule has 2 bridgehead atoms. The van der Waals surface area contributed by atoms with Gasteiger partial charge in [-0.25, -0.2) is 19.9 Å². The van der Waals surface area contributed by atoms with E-state index >= 15 is 0 Å². The number of carbonyl (C=O) groups excluding carboxylic acids is 1. The van der Waals surface area contributed by atoms with Gasteiger partial charge in [-0.15, -0.1) is 0 Å². The Labute approximate surface area is 360 Å². The van der Waals surface area contributed by atoms with Crippen molar-refractivity contribution in [1.29, 1.82) is 5.26 Å². The number of nitrogens with one attached hydrogen (secondary N) is 3. The molecule has 3 unspecified atom stereocenters. The summed E-state index contributed by atoms with van der Waals surface area (Å²) < 4.78 is 47.0. The number of hydrogen-bond donors (Lipinski definition) is 4. The molecule has 6 heterocycles. The molecule has 0 aliphatic carbocycles. The Morgan fingerprint density at radius 1 is 1.08 bits per heavy atom. The third-order valence-corrected chi connectivity index (χ3v) is 13.6. The lowest BCUT2D eigenvalue weighted by molar-refractivity contribution is -0.0940. The predicted octanol–water partition coefficient (Wildman–Crippen LogP) is 4.93. The van der Waals surface area contributed by atoms with Crippen molar-refractivity contribution in [2.24, 2.45) is 11.8 Å². The number of ether oxygens (including phenoxy) is 2. The van der Waals surface area contributed by atoms with E-state index < -0.39 is 55.7 Å². The van der Waals surface area contributed by atoms with Gasteiger partial charge in [0.1, 0.15) is 24.8 Å². The third kappa shape index (κ3) is 10.6. The molecule has 1 amide bonds. The summed E-state index contributed by atoms with van der Waals surface area (Å²) >= 11 is 11.4. The zero-order valence-electron chi connectivity index (χ0n) is 33.5. The highest BCUT2D eigenvalue weighted by atomic mass is 32.5. The van der Waals surface area contributed by atoms with E-state index in [-0.39, 0.29) is 67.6 Å². The summed E-state index contributed by atoms with van der Waals surface area (Å²) in [5, 5.41) is 15.3. The van der Waals surface area contributed by atoms with E-state index in [4.69, 9.17) is 55.7 Å². The van der Waals surface area contributed by atoms with Crippen molar-refractivity contribution in [3.05, 3.63) is 65.2 Å². The van der Waals surface area contributed by atoms with Gasteiger partial charge in [0.25, 0.3) is 11.5 Å². The first-order chi connectivity index (χ1) is 29.3. The van der Waals surface area contributed by atoms with Crippen molar-refractivity contribution in [3.8, 4) is 6.07 Å². The molecule has 2 aliphatic heterocycles. The van der Waals surface area contributed by atoms with E-state index in [0.717, 1.165) is 0 Å². The Morgan fingerprint density at radius 3 is 2.59 bits per heavy atom. The van der Waals surface area contributed by atoms with Gasteiger partial charge in [0.2, 0.25) is 5.95 Å². The number of amides is 1. The zero-order chi connectivity index (χ0) is 43.3. The standard InChI is InChI=1S/C36H45N11O10P2S2/c1-5-26(46-19-41-27-30(39-18-40-31(27)46)43-33(48)23-10-7-6-8-11-23)55-24-15-52-58(50,60)53-17-25-22(4)29(57-59(61,54-16-24)51-13-9-12-37)35(56-25)47-20-42-28-32(47)44-36(45-34(28)49)38-14-21(2)3/h6-8,10-11,18-22,24-26,29,35H,5,9,13-17H2,1-4H3,(H,50,60)(H2,38,44,45,49)(H,39,40,43,48)/t22?,24-,25+,26+,29-,35+,58?,59?/m0/s1. The number of aromatic nitrogens is 8. The van der Waals surface area contributed by atoms with Crippen LogP contribution in [0.1, 0.15) is 63.4 Å². The van der Waals surface area contributed by atoms with Crippen LogP contribution < -0.4 is 16.2 Å². The Morgan fingerprint density at radius 2 is 1.84 bits per heavy atom. The predicted molar refractivity (Wildman–Crippen MR) is 228 cm³/mol. The molecule has 7 rings (SSSR count). The summed E-state index contributed by atoms with van der Waals surface area (Å²) in [5.41, 5.74) is 0.933. The van der Waals surface area contributed by atoms with Crippen LogP contribution in [0, 0.1) is 23.2 Å². The fraction of sp³-hybridized carbons (Fsp3) is 0.500. The number of H-pyrrole nitrogens is 1. The fourth-order valence-corrected chi connectivity index (χ4v) is 9.84. The van der Waals surface area contributed by atoms with Crippen molar-refractivity contribution in [1.82, 2.24) is 39.0 Å². The molecule has 326 valence electrons. The zero-order valence-corrected chi connectivity index (χ0v) is 36.9. The molecule has 0 saturated carbocycles. The molecule has 0 spiro atoms. The smallest absolute Gasteiger partial charge is 0.327 e. The lowest BCUT2D eigenvalue weighted by atomic mass is 10.0. The van der Waals surface area contributed by atoms with Crippen LogP contribution in [0.3, 0.4) is 0 Å². The van der Waals surface area contributed by atoms with E-state index in [1.54, 1.807) is 33.4 Å². The molecule has 5 aromatic rings. The maximum absolute atomic E-state index is 13.1. The minimum Gasteiger partial charge on any atom is -0.355 e. The molecule has 21 nitrogen and oxygen atoms in total. The number of aromatic amines is 1. The van der Waals surface area contributed by atoms with E-state index in [9.17, 15) is 19.7 Å². The SMILES string of the molecule is CC[C@@H](O[C@H]1COP(O)(=S)OC[C@H]2O[C@@H](n3cnc4c(=O)[nH]c(NCC(C)C)nc43)[C@@H](OP(=S)(OCCC#N)OC1)C2C)n1cnc2c(NC(=O)c3ccccc3)ncnc21. The molecule has 61 heavy (non-hydrogen) atoms. The molecular formula is C36H45N11O10P2S2. The number of carbonyl (C=O) groups is 1. The van der Waals surface area contributed by atoms with Crippen LogP contribution in [-0.2, 0) is 55.7 Å². The van der Waals surface area contributed by atoms with Gasteiger partial charge in [-0.2, -0.15) is 10.2 Å². The first-order valence-electron chi connectivity index (χ1n) is 19.4. The van der Waals surface area contributed by atoms with Crippen LogP contribution in [0.15, 0.2) is 54.1 Å². The topological polar surface area (TPSA) is 257 Å². The maximum Gasteiger partial charge on any atom is 0.327 e. The molecule has 2 aliphatic rings. The van der Waals surface area contributed by atoms with Crippen molar-refractivity contribution < 1.29 is 41.8 Å². The summed E-state index contributed by atoms with van der Waals surface area (Å²) in [6.45, 7) is -0.303. The Hall–Kier alpha value is -4.14. The van der Waals surface area contributed by atoms with Crippen LogP contribution in [-0.4, -0.2) is 101 Å². The Kier molecular flexibility index (Phi) is 14.4. The summed E-state index contributed by atoms with van der Waals surface area (Å²) in [5.74, 6) is -0.162. The average Bonchev–Trinajstić information content (AvgIpc) is 3.95. The molecule has 0 radical (unpaired) electrons. The van der Waals surface area contributed by atoms with Crippen molar-refractivity contribution in [2.45, 2.75) is 71.3 Å². The number of fused-ring (bicyclic) bond motifs is 4. The van der Waals surface area contributed by atoms with Gasteiger partial charge >= 0.3 is 13.4 Å². The minimum atomic E-state index is -3.92. The average molecular weight is 918 g/mol. The number of imidazole rings is 2. The number of nitriles is 1. The van der Waals surface area contributed by atoms with E-state index in [1.807, 2.05) is 39.8 Å². The number of nitrogens with zero attached hydrogens (tertiary/aromatic N) is 8. The molecule has 4 N–H and O–H groups in total. The quantitative estimate of drug-likeness (QED) is 0.0902. The molecular weight excluding hydrogens is 873 g/mol. The number of rotatable bonds is 13. The van der Waals surface area contributed by atoms with Gasteiger partial charge in [0.05, 0.1) is 57.7 Å². The second-order valence-electron chi connectivity index (χ2n) is 14.5. The lowest BCUT2D eigenvalue weighted by Gasteiger charge is -2.31. The van der Waals surface area contributed by atoms with Crippen LogP contribution in [0.4, 0.5) is 11.8 Å². The van der Waals surface area contributed by atoms with Gasteiger partial charge in [0, 0.05) is 18.0 Å². The van der Waals surface area contributed by atoms with Gasteiger partial charge in [-0.1, -0.05) is 45.9 Å².